The molecular formula is C7H14N2O3S. The van der Waals surface area contributed by atoms with Crippen molar-refractivity contribution < 1.29 is 13.2 Å². The zero-order valence-electron chi connectivity index (χ0n) is 7.54. The van der Waals surface area contributed by atoms with Crippen molar-refractivity contribution in [1.82, 2.24) is 10.6 Å². The molecule has 1 heterocycles. The topological polar surface area (TPSA) is 75.3 Å². The molecule has 1 saturated heterocycles. The highest BCUT2D eigenvalue weighted by Gasteiger charge is 2.28. The van der Waals surface area contributed by atoms with E-state index < -0.39 is 9.84 Å². The van der Waals surface area contributed by atoms with E-state index >= 15 is 0 Å². The molecule has 0 aliphatic carbocycles. The fourth-order valence-corrected chi connectivity index (χ4v) is 2.98. The highest BCUT2D eigenvalue weighted by Crippen LogP contribution is 2.10. The van der Waals surface area contributed by atoms with Gasteiger partial charge in [0.2, 0.25) is 0 Å². The predicted molar refractivity (Wildman–Crippen MR) is 49.3 cm³/mol. The third kappa shape index (κ3) is 3.22. The number of amides is 2. The van der Waals surface area contributed by atoms with Gasteiger partial charge in [-0.1, -0.05) is 0 Å². The van der Waals surface area contributed by atoms with E-state index in [1.54, 1.807) is 0 Å². The number of carbonyl (C=O) groups is 1. The number of urea groups is 1. The first kappa shape index (κ1) is 10.3. The molecule has 0 aromatic heterocycles. The Morgan fingerprint density at radius 1 is 1.54 bits per heavy atom. The van der Waals surface area contributed by atoms with Gasteiger partial charge in [-0.05, 0) is 13.3 Å². The summed E-state index contributed by atoms with van der Waals surface area (Å²) in [4.78, 5) is 11.0. The fraction of sp³-hybridized carbons (Fsp3) is 0.857. The Kier molecular flexibility index (Phi) is 3.13. The van der Waals surface area contributed by atoms with Crippen LogP contribution in [0.15, 0.2) is 0 Å². The van der Waals surface area contributed by atoms with Crippen LogP contribution >= 0.6 is 0 Å². The summed E-state index contributed by atoms with van der Waals surface area (Å²) in [6, 6.07) is -0.499. The number of hydrogen-bond donors (Lipinski definition) is 2. The molecule has 1 atom stereocenters. The van der Waals surface area contributed by atoms with E-state index in [0.717, 1.165) is 0 Å². The van der Waals surface area contributed by atoms with Gasteiger partial charge in [-0.3, -0.25) is 0 Å². The Morgan fingerprint density at radius 3 is 2.69 bits per heavy atom. The van der Waals surface area contributed by atoms with Crippen LogP contribution in [-0.2, 0) is 9.84 Å². The first-order chi connectivity index (χ1) is 6.03. The van der Waals surface area contributed by atoms with E-state index in [9.17, 15) is 13.2 Å². The van der Waals surface area contributed by atoms with Crippen LogP contribution in [0.2, 0.25) is 0 Å². The zero-order valence-corrected chi connectivity index (χ0v) is 8.36. The summed E-state index contributed by atoms with van der Waals surface area (Å²) in [5.41, 5.74) is 0. The summed E-state index contributed by atoms with van der Waals surface area (Å²) < 4.78 is 22.0. The van der Waals surface area contributed by atoms with Crippen molar-refractivity contribution in [2.75, 3.05) is 18.1 Å². The largest absolute Gasteiger partial charge is 0.338 e. The van der Waals surface area contributed by atoms with E-state index in [0.29, 0.717) is 13.0 Å². The molecule has 76 valence electrons. The summed E-state index contributed by atoms with van der Waals surface area (Å²) in [6.45, 7) is 2.36. The van der Waals surface area contributed by atoms with Gasteiger partial charge in [0.15, 0.2) is 9.84 Å². The maximum atomic E-state index is 11.0. The summed E-state index contributed by atoms with van der Waals surface area (Å²) in [5, 5.41) is 5.16. The molecule has 1 fully saturated rings. The predicted octanol–water partition coefficient (Wildman–Crippen LogP) is -0.507. The van der Waals surface area contributed by atoms with Crippen molar-refractivity contribution in [3.05, 3.63) is 0 Å². The van der Waals surface area contributed by atoms with Crippen molar-refractivity contribution in [1.29, 1.82) is 0 Å². The minimum atomic E-state index is -2.90. The summed E-state index contributed by atoms with van der Waals surface area (Å²) in [7, 11) is -2.90. The van der Waals surface area contributed by atoms with Gasteiger partial charge in [0.05, 0.1) is 11.5 Å². The molecule has 2 N–H and O–H groups in total. The number of hydrogen-bond acceptors (Lipinski definition) is 3. The number of sulfone groups is 1. The molecule has 13 heavy (non-hydrogen) atoms. The van der Waals surface area contributed by atoms with Gasteiger partial charge in [-0.2, -0.15) is 0 Å². The lowest BCUT2D eigenvalue weighted by molar-refractivity contribution is 0.238. The Labute approximate surface area is 77.8 Å². The SMILES string of the molecule is CCNC(=O)NC1CCS(=O)(=O)C1. The molecule has 5 nitrogen and oxygen atoms in total. The average Bonchev–Trinajstić information content (AvgIpc) is 2.30. The maximum Gasteiger partial charge on any atom is 0.315 e. The first-order valence-corrected chi connectivity index (χ1v) is 6.10. The minimum Gasteiger partial charge on any atom is -0.338 e. The molecule has 0 bridgehead atoms. The molecule has 1 unspecified atom stereocenters. The standard InChI is InChI=1S/C7H14N2O3S/c1-2-8-7(10)9-6-3-4-13(11,12)5-6/h6H,2-5H2,1H3,(H2,8,9,10). The molecule has 0 spiro atoms. The third-order valence-electron chi connectivity index (χ3n) is 1.90. The van der Waals surface area contributed by atoms with Crippen LogP contribution in [0.5, 0.6) is 0 Å². The van der Waals surface area contributed by atoms with Gasteiger partial charge in [0, 0.05) is 12.6 Å². The Bertz CT molecular complexity index is 286. The molecule has 1 aliphatic rings. The Hall–Kier alpha value is -0.780. The Balaban J connectivity index is 2.36. The van der Waals surface area contributed by atoms with Crippen LogP contribution < -0.4 is 10.6 Å². The van der Waals surface area contributed by atoms with Crippen LogP contribution in [-0.4, -0.2) is 38.5 Å². The van der Waals surface area contributed by atoms with E-state index in [1.165, 1.54) is 0 Å². The van der Waals surface area contributed by atoms with Gasteiger partial charge in [0.25, 0.3) is 0 Å². The van der Waals surface area contributed by atoms with Crippen LogP contribution in [0.25, 0.3) is 0 Å². The number of carbonyl (C=O) groups excluding carboxylic acids is 1. The normalized spacial score (nSPS) is 25.5. The van der Waals surface area contributed by atoms with Crippen molar-refractivity contribution >= 4 is 15.9 Å². The monoisotopic (exact) mass is 206 g/mol. The van der Waals surface area contributed by atoms with E-state index in [4.69, 9.17) is 0 Å². The molecule has 0 radical (unpaired) electrons. The molecule has 0 saturated carbocycles. The minimum absolute atomic E-state index is 0.0735. The Morgan fingerprint density at radius 2 is 2.23 bits per heavy atom. The molecule has 6 heteroatoms. The van der Waals surface area contributed by atoms with E-state index in [2.05, 4.69) is 10.6 Å². The second kappa shape index (κ2) is 3.95. The molecule has 0 aromatic rings. The van der Waals surface area contributed by atoms with Crippen LogP contribution in [0, 0.1) is 0 Å². The molecule has 0 aromatic carbocycles. The van der Waals surface area contributed by atoms with Gasteiger partial charge in [-0.25, -0.2) is 13.2 Å². The third-order valence-corrected chi connectivity index (χ3v) is 3.67. The quantitative estimate of drug-likeness (QED) is 0.639. The lowest BCUT2D eigenvalue weighted by Crippen LogP contribution is -2.42. The van der Waals surface area contributed by atoms with Crippen LogP contribution in [0.1, 0.15) is 13.3 Å². The molecular weight excluding hydrogens is 192 g/mol. The maximum absolute atomic E-state index is 11.0. The number of rotatable bonds is 2. The van der Waals surface area contributed by atoms with Crippen molar-refractivity contribution in [2.24, 2.45) is 0 Å². The van der Waals surface area contributed by atoms with E-state index in [1.807, 2.05) is 6.92 Å². The first-order valence-electron chi connectivity index (χ1n) is 4.28. The summed E-state index contributed by atoms with van der Waals surface area (Å²) in [6.07, 6.45) is 0.527. The lowest BCUT2D eigenvalue weighted by atomic mass is 10.3. The highest BCUT2D eigenvalue weighted by atomic mass is 32.2. The van der Waals surface area contributed by atoms with Gasteiger partial charge in [-0.15, -0.1) is 0 Å². The van der Waals surface area contributed by atoms with Crippen LogP contribution in [0.4, 0.5) is 4.79 Å². The second-order valence-corrected chi connectivity index (χ2v) is 5.33. The van der Waals surface area contributed by atoms with Crippen molar-refractivity contribution in [3.8, 4) is 0 Å². The summed E-state index contributed by atoms with van der Waals surface area (Å²) >= 11 is 0. The molecule has 1 rings (SSSR count). The smallest absolute Gasteiger partial charge is 0.315 e. The summed E-state index contributed by atoms with van der Waals surface area (Å²) in [5.74, 6) is 0.258. The molecule has 2 amide bonds. The fourth-order valence-electron chi connectivity index (χ4n) is 1.31. The van der Waals surface area contributed by atoms with Gasteiger partial charge in [0.1, 0.15) is 0 Å². The van der Waals surface area contributed by atoms with Crippen molar-refractivity contribution in [3.63, 3.8) is 0 Å². The van der Waals surface area contributed by atoms with Crippen molar-refractivity contribution in [2.45, 2.75) is 19.4 Å². The lowest BCUT2D eigenvalue weighted by Gasteiger charge is -2.10. The van der Waals surface area contributed by atoms with E-state index in [-0.39, 0.29) is 23.6 Å². The van der Waals surface area contributed by atoms with Gasteiger partial charge < -0.3 is 10.6 Å². The molecule has 1 aliphatic heterocycles. The number of nitrogens with one attached hydrogen (secondary N) is 2. The zero-order chi connectivity index (χ0) is 9.90. The second-order valence-electron chi connectivity index (χ2n) is 3.10. The average molecular weight is 206 g/mol. The van der Waals surface area contributed by atoms with Gasteiger partial charge >= 0.3 is 6.03 Å². The van der Waals surface area contributed by atoms with Crippen LogP contribution in [0.3, 0.4) is 0 Å². The highest BCUT2D eigenvalue weighted by molar-refractivity contribution is 7.91.